The molecule has 0 spiro atoms. The number of para-hydroxylation sites is 1. The zero-order valence-corrected chi connectivity index (χ0v) is 15.4. The van der Waals surface area contributed by atoms with E-state index in [1.165, 1.54) is 18.4 Å². The Morgan fingerprint density at radius 3 is 2.48 bits per heavy atom. The summed E-state index contributed by atoms with van der Waals surface area (Å²) in [6, 6.07) is 10.9. The maximum atomic E-state index is 11.9. The highest BCUT2D eigenvalue weighted by Crippen LogP contribution is 2.28. The molecule has 2 rings (SSSR count). The first-order chi connectivity index (χ1) is 12.0. The van der Waals surface area contributed by atoms with Crippen LogP contribution in [-0.4, -0.2) is 32.6 Å². The van der Waals surface area contributed by atoms with E-state index in [-0.39, 0.29) is 19.2 Å². The van der Waals surface area contributed by atoms with Gasteiger partial charge in [-0.3, -0.25) is 9.59 Å². The van der Waals surface area contributed by atoms with Gasteiger partial charge in [0.2, 0.25) is 0 Å². The number of nitrogens with one attached hydrogen (secondary N) is 2. The van der Waals surface area contributed by atoms with Crippen LogP contribution in [0.4, 0.5) is 0 Å². The molecule has 0 aliphatic carbocycles. The first-order valence-electron chi connectivity index (χ1n) is 7.51. The van der Waals surface area contributed by atoms with Crippen molar-refractivity contribution in [1.82, 2.24) is 10.6 Å². The molecule has 2 N–H and O–H groups in total. The van der Waals surface area contributed by atoms with Crippen molar-refractivity contribution in [2.75, 3.05) is 20.8 Å². The normalized spacial score (nSPS) is 11.6. The van der Waals surface area contributed by atoms with E-state index in [1.807, 2.05) is 24.3 Å². The van der Waals surface area contributed by atoms with Gasteiger partial charge in [0, 0.05) is 30.6 Å². The lowest BCUT2D eigenvalue weighted by molar-refractivity contribution is -0.139. The fourth-order valence-electron chi connectivity index (χ4n) is 2.17. The molecule has 134 valence electrons. The lowest BCUT2D eigenvalue weighted by Crippen LogP contribution is -2.41. The molecule has 0 radical (unpaired) electrons. The van der Waals surface area contributed by atoms with E-state index in [4.69, 9.17) is 21.1 Å². The van der Waals surface area contributed by atoms with Crippen LogP contribution in [0.2, 0.25) is 4.34 Å². The Labute approximate surface area is 155 Å². The number of carbonyl (C=O) groups is 2. The molecule has 25 heavy (non-hydrogen) atoms. The molecular formula is C17H19ClN2O4S. The molecule has 0 saturated carbocycles. The molecule has 0 bridgehead atoms. The number of halogens is 1. The van der Waals surface area contributed by atoms with Crippen LogP contribution < -0.4 is 15.4 Å². The Morgan fingerprint density at radius 1 is 1.12 bits per heavy atom. The molecule has 1 aromatic heterocycles. The van der Waals surface area contributed by atoms with Gasteiger partial charge < -0.3 is 20.1 Å². The van der Waals surface area contributed by atoms with E-state index in [0.29, 0.717) is 10.1 Å². The molecular weight excluding hydrogens is 364 g/mol. The van der Waals surface area contributed by atoms with Crippen LogP contribution in [0.25, 0.3) is 0 Å². The summed E-state index contributed by atoms with van der Waals surface area (Å²) in [6.45, 7) is 0.374. The summed E-state index contributed by atoms with van der Waals surface area (Å²) in [5, 5.41) is 5.13. The standard InChI is InChI=1S/C17H19ClN2O4S/c1-23-12-6-4-3-5-11(12)9-19-16(21)17(22)20-10-13(24-2)14-7-8-15(18)25-14/h3-8,13H,9-10H2,1-2H3,(H,19,21)(H,20,22)/t13-/m0/s1. The van der Waals surface area contributed by atoms with Crippen LogP contribution >= 0.6 is 22.9 Å². The minimum atomic E-state index is -0.723. The van der Waals surface area contributed by atoms with Gasteiger partial charge in [-0.1, -0.05) is 29.8 Å². The summed E-state index contributed by atoms with van der Waals surface area (Å²) < 4.78 is 11.2. The average Bonchev–Trinajstić information content (AvgIpc) is 3.06. The van der Waals surface area contributed by atoms with Crippen LogP contribution in [0.15, 0.2) is 36.4 Å². The van der Waals surface area contributed by atoms with Gasteiger partial charge in [0.15, 0.2) is 0 Å². The Kier molecular flexibility index (Phi) is 7.24. The van der Waals surface area contributed by atoms with Gasteiger partial charge in [-0.05, 0) is 18.2 Å². The third-order valence-electron chi connectivity index (χ3n) is 3.48. The van der Waals surface area contributed by atoms with E-state index in [1.54, 1.807) is 19.2 Å². The molecule has 2 amide bonds. The summed E-state index contributed by atoms with van der Waals surface area (Å²) in [7, 11) is 3.08. The highest BCUT2D eigenvalue weighted by molar-refractivity contribution is 7.16. The first kappa shape index (κ1) is 19.2. The number of rotatable bonds is 7. The van der Waals surface area contributed by atoms with Gasteiger partial charge in [0.25, 0.3) is 0 Å². The van der Waals surface area contributed by atoms with Crippen LogP contribution in [0.1, 0.15) is 16.5 Å². The van der Waals surface area contributed by atoms with Gasteiger partial charge >= 0.3 is 11.8 Å². The fraction of sp³-hybridized carbons (Fsp3) is 0.294. The monoisotopic (exact) mass is 382 g/mol. The van der Waals surface area contributed by atoms with E-state index < -0.39 is 11.8 Å². The van der Waals surface area contributed by atoms with Crippen molar-refractivity contribution in [3.63, 3.8) is 0 Å². The molecule has 1 atom stereocenters. The van der Waals surface area contributed by atoms with Gasteiger partial charge in [0.05, 0.1) is 11.4 Å². The maximum Gasteiger partial charge on any atom is 0.309 e. The van der Waals surface area contributed by atoms with Gasteiger partial charge in [0.1, 0.15) is 11.9 Å². The number of methoxy groups -OCH3 is 2. The van der Waals surface area contributed by atoms with E-state index in [9.17, 15) is 9.59 Å². The molecule has 0 aliphatic heterocycles. The van der Waals surface area contributed by atoms with Crippen molar-refractivity contribution >= 4 is 34.8 Å². The van der Waals surface area contributed by atoms with Gasteiger partial charge in [-0.25, -0.2) is 0 Å². The van der Waals surface area contributed by atoms with Crippen LogP contribution in [0, 0.1) is 0 Å². The second-order valence-electron chi connectivity index (χ2n) is 5.07. The summed E-state index contributed by atoms with van der Waals surface area (Å²) in [5.41, 5.74) is 0.786. The molecule has 0 fully saturated rings. The number of hydrogen-bond donors (Lipinski definition) is 2. The van der Waals surface area contributed by atoms with Crippen molar-refractivity contribution in [3.05, 3.63) is 51.2 Å². The molecule has 0 unspecified atom stereocenters. The Hall–Kier alpha value is -2.09. The van der Waals surface area contributed by atoms with Gasteiger partial charge in [-0.15, -0.1) is 11.3 Å². The van der Waals surface area contributed by atoms with Crippen molar-refractivity contribution in [1.29, 1.82) is 0 Å². The topological polar surface area (TPSA) is 76.7 Å². The largest absolute Gasteiger partial charge is 0.496 e. The lowest BCUT2D eigenvalue weighted by Gasteiger charge is -2.14. The summed E-state index contributed by atoms with van der Waals surface area (Å²) in [6.07, 6.45) is -0.358. The second-order valence-corrected chi connectivity index (χ2v) is 6.82. The first-order valence-corrected chi connectivity index (χ1v) is 8.70. The van der Waals surface area contributed by atoms with Crippen molar-refractivity contribution in [3.8, 4) is 5.75 Å². The number of hydrogen-bond acceptors (Lipinski definition) is 5. The Bertz CT molecular complexity index is 735. The fourth-order valence-corrected chi connectivity index (χ4v) is 3.31. The number of thiophene rings is 1. The van der Waals surface area contributed by atoms with Gasteiger partial charge in [-0.2, -0.15) is 0 Å². The van der Waals surface area contributed by atoms with E-state index >= 15 is 0 Å². The summed E-state index contributed by atoms with van der Waals surface area (Å²) in [5.74, 6) is -0.790. The maximum absolute atomic E-state index is 11.9. The van der Waals surface area contributed by atoms with Crippen molar-refractivity contribution < 1.29 is 19.1 Å². The smallest absolute Gasteiger partial charge is 0.309 e. The molecule has 8 heteroatoms. The second kappa shape index (κ2) is 9.41. The third kappa shape index (κ3) is 5.45. The Balaban J connectivity index is 1.84. The molecule has 0 aliphatic rings. The lowest BCUT2D eigenvalue weighted by atomic mass is 10.2. The zero-order valence-electron chi connectivity index (χ0n) is 13.9. The summed E-state index contributed by atoms with van der Waals surface area (Å²) in [4.78, 5) is 24.8. The van der Waals surface area contributed by atoms with Crippen molar-refractivity contribution in [2.45, 2.75) is 12.6 Å². The minimum Gasteiger partial charge on any atom is -0.496 e. The third-order valence-corrected chi connectivity index (χ3v) is 4.81. The number of amides is 2. The van der Waals surface area contributed by atoms with Crippen molar-refractivity contribution in [2.24, 2.45) is 0 Å². The highest BCUT2D eigenvalue weighted by atomic mass is 35.5. The van der Waals surface area contributed by atoms with E-state index in [2.05, 4.69) is 10.6 Å². The molecule has 0 saturated heterocycles. The van der Waals surface area contributed by atoms with E-state index in [0.717, 1.165) is 10.4 Å². The minimum absolute atomic E-state index is 0.175. The predicted molar refractivity (Wildman–Crippen MR) is 96.9 cm³/mol. The SMILES string of the molecule is COc1ccccc1CNC(=O)C(=O)NC[C@H](OC)c1ccc(Cl)s1. The van der Waals surface area contributed by atoms with Crippen LogP contribution in [0.3, 0.4) is 0 Å². The van der Waals surface area contributed by atoms with Crippen LogP contribution in [-0.2, 0) is 20.9 Å². The molecule has 6 nitrogen and oxygen atoms in total. The molecule has 1 heterocycles. The average molecular weight is 383 g/mol. The zero-order chi connectivity index (χ0) is 18.2. The quantitative estimate of drug-likeness (QED) is 0.721. The van der Waals surface area contributed by atoms with Crippen LogP contribution in [0.5, 0.6) is 5.75 Å². The Morgan fingerprint density at radius 2 is 1.84 bits per heavy atom. The number of carbonyl (C=O) groups excluding carboxylic acids is 2. The predicted octanol–water partition coefficient (Wildman–Crippen LogP) is 2.53. The number of ether oxygens (including phenoxy) is 2. The molecule has 2 aromatic rings. The molecule has 1 aromatic carbocycles. The highest BCUT2D eigenvalue weighted by Gasteiger charge is 2.18. The summed E-state index contributed by atoms with van der Waals surface area (Å²) >= 11 is 7.27. The number of benzene rings is 1.